The molecule has 1 aliphatic carbocycles. The minimum atomic E-state index is -0.453. The van der Waals surface area contributed by atoms with Crippen LogP contribution in [-0.4, -0.2) is 29.4 Å². The second-order valence-electron chi connectivity index (χ2n) is 7.48. The molecular weight excluding hydrogens is 396 g/mol. The van der Waals surface area contributed by atoms with E-state index >= 15 is 0 Å². The number of ether oxygens (including phenoxy) is 2. The van der Waals surface area contributed by atoms with Gasteiger partial charge in [-0.1, -0.05) is 23.4 Å². The molecule has 1 N–H and O–H groups in total. The van der Waals surface area contributed by atoms with Crippen LogP contribution >= 0.6 is 0 Å². The number of benzene rings is 2. The largest absolute Gasteiger partial charge is 0.502 e. The van der Waals surface area contributed by atoms with Crippen molar-refractivity contribution in [2.24, 2.45) is 0 Å². The molecule has 1 amide bonds. The van der Waals surface area contributed by atoms with Gasteiger partial charge in [0.1, 0.15) is 5.75 Å². The van der Waals surface area contributed by atoms with E-state index in [0.29, 0.717) is 28.7 Å². The van der Waals surface area contributed by atoms with E-state index in [9.17, 15) is 4.79 Å². The van der Waals surface area contributed by atoms with Crippen molar-refractivity contribution in [3.8, 4) is 28.6 Å². The van der Waals surface area contributed by atoms with E-state index in [4.69, 9.17) is 20.6 Å². The van der Waals surface area contributed by atoms with Crippen molar-refractivity contribution in [2.45, 2.75) is 38.8 Å². The zero-order chi connectivity index (χ0) is 22.0. The Morgan fingerprint density at radius 2 is 2.16 bits per heavy atom. The fourth-order valence-electron chi connectivity index (χ4n) is 3.76. The minimum absolute atomic E-state index is 0.0287. The van der Waals surface area contributed by atoms with E-state index < -0.39 is 6.09 Å². The van der Waals surface area contributed by atoms with Gasteiger partial charge in [-0.3, -0.25) is 0 Å². The Morgan fingerprint density at radius 3 is 2.90 bits per heavy atom. The summed E-state index contributed by atoms with van der Waals surface area (Å²) in [5.74, 6) is 1.33. The number of hydrogen-bond donors (Lipinski definition) is 1. The molecule has 1 heterocycles. The zero-order valence-corrected chi connectivity index (χ0v) is 17.5. The highest BCUT2D eigenvalue weighted by atomic mass is 16.5. The molecule has 8 nitrogen and oxygen atoms in total. The van der Waals surface area contributed by atoms with Crippen LogP contribution < -0.4 is 10.1 Å². The fourth-order valence-corrected chi connectivity index (χ4v) is 3.76. The topological polar surface area (TPSA) is 90.8 Å². The molecule has 1 atom stereocenters. The van der Waals surface area contributed by atoms with Gasteiger partial charge in [-0.05, 0) is 56.0 Å². The third-order valence-electron chi connectivity index (χ3n) is 5.10. The number of nitrogens with zero attached hydrogens (tertiary/aromatic N) is 3. The summed E-state index contributed by atoms with van der Waals surface area (Å²) in [6, 6.07) is 11.0. The van der Waals surface area contributed by atoms with Gasteiger partial charge < -0.3 is 19.3 Å². The summed E-state index contributed by atoms with van der Waals surface area (Å²) in [6.07, 6.45) is 1.08. The number of carbonyl (C=O) groups excluding carboxylic acids is 1. The Kier molecular flexibility index (Phi) is 5.58. The first-order valence-electron chi connectivity index (χ1n) is 9.99. The number of alkyl carbamates (subject to hydrolysis) is 1. The second kappa shape index (κ2) is 8.48. The van der Waals surface area contributed by atoms with Crippen LogP contribution in [0.1, 0.15) is 37.4 Å². The lowest BCUT2D eigenvalue weighted by Gasteiger charge is -2.13. The van der Waals surface area contributed by atoms with E-state index in [1.807, 2.05) is 32.0 Å². The van der Waals surface area contributed by atoms with E-state index in [1.165, 1.54) is 7.11 Å². The van der Waals surface area contributed by atoms with Gasteiger partial charge in [0.15, 0.2) is 0 Å². The maximum Gasteiger partial charge on any atom is 0.407 e. The number of carbonyl (C=O) groups is 1. The van der Waals surface area contributed by atoms with Gasteiger partial charge in [0.25, 0.3) is 5.89 Å². The summed E-state index contributed by atoms with van der Waals surface area (Å²) in [5.41, 5.74) is 4.02. The summed E-state index contributed by atoms with van der Waals surface area (Å²) in [5, 5.41) is 7.02. The summed E-state index contributed by atoms with van der Waals surface area (Å²) in [6.45, 7) is 11.3. The van der Waals surface area contributed by atoms with Crippen LogP contribution in [0.2, 0.25) is 0 Å². The molecule has 31 heavy (non-hydrogen) atoms. The van der Waals surface area contributed by atoms with Crippen molar-refractivity contribution in [1.82, 2.24) is 15.5 Å². The number of aromatic nitrogens is 2. The monoisotopic (exact) mass is 418 g/mol. The van der Waals surface area contributed by atoms with Crippen LogP contribution in [0.3, 0.4) is 0 Å². The Balaban J connectivity index is 1.64. The van der Waals surface area contributed by atoms with Crippen molar-refractivity contribution in [3.05, 3.63) is 58.9 Å². The molecule has 0 saturated carbocycles. The van der Waals surface area contributed by atoms with Crippen molar-refractivity contribution in [1.29, 1.82) is 0 Å². The standard InChI is InChI=1S/C23H22N4O4/c1-13(2)30-20-11-8-14(12-19(20)24-3)22-26-21(27-31-22)17-7-5-6-16-15(17)9-10-18(16)25-23(28)29-4/h5-8,11-13,18H,9-10H2,1-2,4H3,(H,25,28)/t18-/m1/s1. The maximum absolute atomic E-state index is 11.6. The highest BCUT2D eigenvalue weighted by Gasteiger charge is 2.28. The fraction of sp³-hybridized carbons (Fsp3) is 0.304. The molecule has 0 bridgehead atoms. The molecular formula is C23H22N4O4. The number of amides is 1. The van der Waals surface area contributed by atoms with Crippen LogP contribution in [0.4, 0.5) is 10.5 Å². The minimum Gasteiger partial charge on any atom is -0.502 e. The molecule has 4 rings (SSSR count). The second-order valence-corrected chi connectivity index (χ2v) is 7.48. The van der Waals surface area contributed by atoms with Crippen LogP contribution in [0.5, 0.6) is 5.75 Å². The highest BCUT2D eigenvalue weighted by molar-refractivity contribution is 5.71. The first-order valence-corrected chi connectivity index (χ1v) is 9.99. The number of nitrogens with one attached hydrogen (secondary N) is 1. The first-order chi connectivity index (χ1) is 15.0. The van der Waals surface area contributed by atoms with E-state index in [2.05, 4.69) is 20.3 Å². The average molecular weight is 418 g/mol. The van der Waals surface area contributed by atoms with E-state index in [0.717, 1.165) is 29.5 Å². The van der Waals surface area contributed by atoms with Gasteiger partial charge in [0.2, 0.25) is 11.5 Å². The molecule has 158 valence electrons. The first kappa shape index (κ1) is 20.4. The summed E-state index contributed by atoms with van der Waals surface area (Å²) < 4.78 is 15.9. The molecule has 0 radical (unpaired) electrons. The summed E-state index contributed by atoms with van der Waals surface area (Å²) in [4.78, 5) is 19.7. The van der Waals surface area contributed by atoms with Gasteiger partial charge in [0.05, 0.1) is 25.8 Å². The third kappa shape index (κ3) is 4.08. The molecule has 0 spiro atoms. The molecule has 1 aromatic heterocycles. The Labute approximate surface area is 180 Å². The van der Waals surface area contributed by atoms with Gasteiger partial charge in [0, 0.05) is 11.1 Å². The van der Waals surface area contributed by atoms with Crippen molar-refractivity contribution < 1.29 is 18.8 Å². The number of hydrogen-bond acceptors (Lipinski definition) is 6. The number of methoxy groups -OCH3 is 1. The lowest BCUT2D eigenvalue weighted by Crippen LogP contribution is -2.26. The third-order valence-corrected chi connectivity index (χ3v) is 5.10. The van der Waals surface area contributed by atoms with E-state index in [-0.39, 0.29) is 12.1 Å². The van der Waals surface area contributed by atoms with Crippen LogP contribution in [-0.2, 0) is 11.2 Å². The number of rotatable bonds is 5. The van der Waals surface area contributed by atoms with Gasteiger partial charge in [-0.25, -0.2) is 9.64 Å². The highest BCUT2D eigenvalue weighted by Crippen LogP contribution is 2.38. The summed E-state index contributed by atoms with van der Waals surface area (Å²) >= 11 is 0. The van der Waals surface area contributed by atoms with Crippen LogP contribution in [0.15, 0.2) is 40.9 Å². The quantitative estimate of drug-likeness (QED) is 0.581. The lowest BCUT2D eigenvalue weighted by atomic mass is 10.0. The Morgan fingerprint density at radius 1 is 1.32 bits per heavy atom. The predicted molar refractivity (Wildman–Crippen MR) is 114 cm³/mol. The SMILES string of the molecule is [C-]#[N+]c1cc(-c2nc(-c3cccc4c3CC[C@H]4NC(=O)OC)no2)ccc1OC(C)C. The zero-order valence-electron chi connectivity index (χ0n) is 17.5. The van der Waals surface area contributed by atoms with Crippen molar-refractivity contribution in [3.63, 3.8) is 0 Å². The molecule has 2 aromatic carbocycles. The summed E-state index contributed by atoms with van der Waals surface area (Å²) in [7, 11) is 1.35. The smallest absolute Gasteiger partial charge is 0.407 e. The molecule has 0 aliphatic heterocycles. The average Bonchev–Trinajstić information content (AvgIpc) is 3.41. The molecule has 8 heteroatoms. The van der Waals surface area contributed by atoms with Crippen LogP contribution in [0, 0.1) is 6.57 Å². The predicted octanol–water partition coefficient (Wildman–Crippen LogP) is 5.08. The van der Waals surface area contributed by atoms with Gasteiger partial charge in [-0.2, -0.15) is 4.98 Å². The van der Waals surface area contributed by atoms with Gasteiger partial charge >= 0.3 is 6.09 Å². The maximum atomic E-state index is 11.6. The van der Waals surface area contributed by atoms with Crippen molar-refractivity contribution >= 4 is 11.8 Å². The van der Waals surface area contributed by atoms with Gasteiger partial charge in [-0.15, -0.1) is 0 Å². The number of fused-ring (bicyclic) bond motifs is 1. The lowest BCUT2D eigenvalue weighted by molar-refractivity contribution is 0.166. The molecule has 1 aliphatic rings. The molecule has 3 aromatic rings. The Bertz CT molecular complexity index is 1160. The molecule has 0 unspecified atom stereocenters. The molecule has 0 fully saturated rings. The molecule has 0 saturated heterocycles. The van der Waals surface area contributed by atoms with E-state index in [1.54, 1.807) is 18.2 Å². The normalized spacial score (nSPS) is 14.7. The Hall–Kier alpha value is -3.86. The van der Waals surface area contributed by atoms with Crippen LogP contribution in [0.25, 0.3) is 27.7 Å². The van der Waals surface area contributed by atoms with Crippen molar-refractivity contribution in [2.75, 3.05) is 7.11 Å².